The Morgan fingerprint density at radius 3 is 2.52 bits per heavy atom. The second-order valence-electron chi connectivity index (χ2n) is 6.17. The number of nitrogens with one attached hydrogen (secondary N) is 1. The van der Waals surface area contributed by atoms with E-state index < -0.39 is 23.6 Å². The summed E-state index contributed by atoms with van der Waals surface area (Å²) in [6.45, 7) is 0. The van der Waals surface area contributed by atoms with Gasteiger partial charge < -0.3 is 5.32 Å². The molecule has 0 spiro atoms. The number of alkyl halides is 2. The van der Waals surface area contributed by atoms with Gasteiger partial charge in [-0.3, -0.25) is 14.3 Å². The van der Waals surface area contributed by atoms with Crippen LogP contribution in [-0.4, -0.2) is 27.0 Å². The van der Waals surface area contributed by atoms with Crippen LogP contribution in [0.15, 0.2) is 30.5 Å². The molecule has 25 heavy (non-hydrogen) atoms. The van der Waals surface area contributed by atoms with E-state index in [1.165, 1.54) is 13.2 Å². The highest BCUT2D eigenvalue weighted by molar-refractivity contribution is 6.30. The van der Waals surface area contributed by atoms with Gasteiger partial charge in [-0.2, -0.15) is 5.10 Å². The molecule has 1 saturated carbocycles. The van der Waals surface area contributed by atoms with E-state index in [0.29, 0.717) is 17.9 Å². The number of aryl methyl sites for hydroxylation is 1. The average Bonchev–Trinajstić information content (AvgIpc) is 3.22. The molecule has 0 radical (unpaired) electrons. The molecule has 1 aliphatic carbocycles. The summed E-state index contributed by atoms with van der Waals surface area (Å²) in [5.74, 6) is -0.851. The van der Waals surface area contributed by atoms with Crippen molar-refractivity contribution >= 4 is 23.3 Å². The summed E-state index contributed by atoms with van der Waals surface area (Å²) in [7, 11) is 1.46. The van der Waals surface area contributed by atoms with Gasteiger partial charge in [-0.05, 0) is 30.5 Å². The largest absolute Gasteiger partial charge is 0.339 e. The Hall–Kier alpha value is -2.28. The molecule has 0 aliphatic heterocycles. The van der Waals surface area contributed by atoms with Crippen LogP contribution in [0.2, 0.25) is 5.02 Å². The number of carbonyl (C=O) groups is 2. The summed E-state index contributed by atoms with van der Waals surface area (Å²) in [5, 5.41) is 6.80. The second kappa shape index (κ2) is 6.55. The Kier molecular flexibility index (Phi) is 4.60. The quantitative estimate of drug-likeness (QED) is 0.853. The number of amides is 1. The molecule has 2 aromatic rings. The molecule has 1 heterocycles. The maximum absolute atomic E-state index is 13.0. The topological polar surface area (TPSA) is 64.0 Å². The number of Topliss-reactive ketones (excluding diaryl/α,β-unsaturated/α-hetero) is 1. The van der Waals surface area contributed by atoms with Crippen molar-refractivity contribution in [2.75, 3.05) is 0 Å². The van der Waals surface area contributed by atoms with Crippen molar-refractivity contribution in [1.29, 1.82) is 0 Å². The third kappa shape index (κ3) is 3.71. The standard InChI is InChI=1S/C17H16ClF2N3O2/c1-23-9-12(14(22-23)15(19)20)16(25)21-17(6-7-17)13(24)8-10-2-4-11(18)5-3-10/h2-5,9,15H,6-8H2,1H3,(H,21,25). The molecule has 0 atom stereocenters. The lowest BCUT2D eigenvalue weighted by Gasteiger charge is -2.16. The predicted molar refractivity (Wildman–Crippen MR) is 87.8 cm³/mol. The normalized spacial score (nSPS) is 15.2. The molecular formula is C17H16ClF2N3O2. The Labute approximate surface area is 148 Å². The average molecular weight is 368 g/mol. The summed E-state index contributed by atoms with van der Waals surface area (Å²) in [6.07, 6.45) is -0.491. The van der Waals surface area contributed by atoms with E-state index in [2.05, 4.69) is 10.4 Å². The molecular weight excluding hydrogens is 352 g/mol. The third-order valence-corrected chi connectivity index (χ3v) is 4.48. The van der Waals surface area contributed by atoms with Gasteiger partial charge in [-0.1, -0.05) is 23.7 Å². The molecule has 1 aliphatic rings. The first-order valence-corrected chi connectivity index (χ1v) is 8.10. The minimum atomic E-state index is -2.86. The van der Waals surface area contributed by atoms with Crippen LogP contribution in [0.25, 0.3) is 0 Å². The fourth-order valence-corrected chi connectivity index (χ4v) is 2.81. The smallest absolute Gasteiger partial charge is 0.282 e. The predicted octanol–water partition coefficient (Wildman–Crippen LogP) is 3.09. The molecule has 1 N–H and O–H groups in total. The third-order valence-electron chi connectivity index (χ3n) is 4.22. The first-order chi connectivity index (χ1) is 11.8. The lowest BCUT2D eigenvalue weighted by Crippen LogP contribution is -2.44. The Balaban J connectivity index is 1.72. The zero-order valence-electron chi connectivity index (χ0n) is 13.4. The van der Waals surface area contributed by atoms with Gasteiger partial charge in [0.25, 0.3) is 12.3 Å². The van der Waals surface area contributed by atoms with Gasteiger partial charge >= 0.3 is 0 Å². The molecule has 0 bridgehead atoms. The first kappa shape index (κ1) is 17.5. The Morgan fingerprint density at radius 2 is 1.96 bits per heavy atom. The van der Waals surface area contributed by atoms with Crippen LogP contribution in [0.4, 0.5) is 8.78 Å². The number of halogens is 3. The van der Waals surface area contributed by atoms with E-state index in [9.17, 15) is 18.4 Å². The minimum absolute atomic E-state index is 0.145. The van der Waals surface area contributed by atoms with Gasteiger partial charge in [-0.25, -0.2) is 8.78 Å². The van der Waals surface area contributed by atoms with Crippen LogP contribution >= 0.6 is 11.6 Å². The van der Waals surface area contributed by atoms with Crippen LogP contribution in [0.1, 0.15) is 40.9 Å². The molecule has 3 rings (SSSR count). The van der Waals surface area contributed by atoms with Gasteiger partial charge in [0.05, 0.1) is 11.1 Å². The lowest BCUT2D eigenvalue weighted by molar-refractivity contribution is -0.121. The fourth-order valence-electron chi connectivity index (χ4n) is 2.68. The van der Waals surface area contributed by atoms with Crippen molar-refractivity contribution in [3.63, 3.8) is 0 Å². The highest BCUT2D eigenvalue weighted by atomic mass is 35.5. The molecule has 5 nitrogen and oxygen atoms in total. The molecule has 8 heteroatoms. The van der Waals surface area contributed by atoms with Gasteiger partial charge in [0, 0.05) is 24.7 Å². The van der Waals surface area contributed by atoms with Crippen molar-refractivity contribution in [3.05, 3.63) is 52.3 Å². The fraction of sp³-hybridized carbons (Fsp3) is 0.353. The SMILES string of the molecule is Cn1cc(C(=O)NC2(C(=O)Cc3ccc(Cl)cc3)CC2)c(C(F)F)n1. The van der Waals surface area contributed by atoms with Crippen LogP contribution < -0.4 is 5.32 Å². The number of benzene rings is 1. The monoisotopic (exact) mass is 367 g/mol. The van der Waals surface area contributed by atoms with Crippen molar-refractivity contribution in [1.82, 2.24) is 15.1 Å². The molecule has 1 aromatic carbocycles. The van der Waals surface area contributed by atoms with Crippen LogP contribution in [0.3, 0.4) is 0 Å². The number of hydrogen-bond donors (Lipinski definition) is 1. The van der Waals surface area contributed by atoms with E-state index in [1.54, 1.807) is 24.3 Å². The molecule has 0 saturated heterocycles. The van der Waals surface area contributed by atoms with E-state index >= 15 is 0 Å². The molecule has 0 unspecified atom stereocenters. The maximum atomic E-state index is 13.0. The second-order valence-corrected chi connectivity index (χ2v) is 6.60. The number of nitrogens with zero attached hydrogens (tertiary/aromatic N) is 2. The number of rotatable bonds is 6. The summed E-state index contributed by atoms with van der Waals surface area (Å²) >= 11 is 5.82. The molecule has 132 valence electrons. The Bertz CT molecular complexity index is 814. The van der Waals surface area contributed by atoms with Crippen molar-refractivity contribution in [3.8, 4) is 0 Å². The summed E-state index contributed by atoms with van der Waals surface area (Å²) in [6, 6.07) is 6.86. The Morgan fingerprint density at radius 1 is 1.32 bits per heavy atom. The lowest BCUT2D eigenvalue weighted by atomic mass is 10.0. The summed E-state index contributed by atoms with van der Waals surface area (Å²) in [5.41, 5.74) is -0.986. The zero-order valence-corrected chi connectivity index (χ0v) is 14.2. The zero-order chi connectivity index (χ0) is 18.2. The van der Waals surface area contributed by atoms with Crippen molar-refractivity contribution in [2.24, 2.45) is 7.05 Å². The maximum Gasteiger partial charge on any atom is 0.282 e. The van der Waals surface area contributed by atoms with Gasteiger partial charge in [0.2, 0.25) is 0 Å². The number of hydrogen-bond acceptors (Lipinski definition) is 3. The van der Waals surface area contributed by atoms with Gasteiger partial charge in [0.15, 0.2) is 5.78 Å². The summed E-state index contributed by atoms with van der Waals surface area (Å²) < 4.78 is 27.1. The number of carbonyl (C=O) groups excluding carboxylic acids is 2. The van der Waals surface area contributed by atoms with Gasteiger partial charge in [-0.15, -0.1) is 0 Å². The minimum Gasteiger partial charge on any atom is -0.339 e. The van der Waals surface area contributed by atoms with E-state index in [-0.39, 0.29) is 17.8 Å². The number of ketones is 1. The van der Waals surface area contributed by atoms with E-state index in [0.717, 1.165) is 10.2 Å². The molecule has 1 amide bonds. The van der Waals surface area contributed by atoms with Crippen LogP contribution in [0.5, 0.6) is 0 Å². The van der Waals surface area contributed by atoms with Gasteiger partial charge in [0.1, 0.15) is 5.69 Å². The van der Waals surface area contributed by atoms with Crippen LogP contribution in [-0.2, 0) is 18.3 Å². The van der Waals surface area contributed by atoms with E-state index in [1.807, 2.05) is 0 Å². The van der Waals surface area contributed by atoms with Crippen LogP contribution in [0, 0.1) is 0 Å². The number of aromatic nitrogens is 2. The molecule has 1 fully saturated rings. The highest BCUT2D eigenvalue weighted by Gasteiger charge is 2.50. The molecule has 1 aromatic heterocycles. The first-order valence-electron chi connectivity index (χ1n) is 7.73. The summed E-state index contributed by atoms with van der Waals surface area (Å²) in [4.78, 5) is 24.9. The van der Waals surface area contributed by atoms with Crippen molar-refractivity contribution < 1.29 is 18.4 Å². The highest BCUT2D eigenvalue weighted by Crippen LogP contribution is 2.38. The van der Waals surface area contributed by atoms with E-state index in [4.69, 9.17) is 11.6 Å². The van der Waals surface area contributed by atoms with Crippen molar-refractivity contribution in [2.45, 2.75) is 31.2 Å².